The van der Waals surface area contributed by atoms with E-state index in [1.54, 1.807) is 0 Å². The summed E-state index contributed by atoms with van der Waals surface area (Å²) >= 11 is 0. The molecular weight excluding hydrogens is 136 g/mol. The highest BCUT2D eigenvalue weighted by molar-refractivity contribution is 5.78. The van der Waals surface area contributed by atoms with Gasteiger partial charge in [0.15, 0.2) is 0 Å². The van der Waals surface area contributed by atoms with Crippen molar-refractivity contribution in [2.75, 3.05) is 0 Å². The smallest absolute Gasteiger partial charge is 0.132 e. The van der Waals surface area contributed by atoms with Crippen molar-refractivity contribution >= 4 is 5.78 Å². The zero-order valence-corrected chi connectivity index (χ0v) is 8.02. The van der Waals surface area contributed by atoms with Crippen LogP contribution in [0.2, 0.25) is 0 Å². The number of rotatable bonds is 0. The molecular formula is C10H20O. The van der Waals surface area contributed by atoms with Gasteiger partial charge in [0.05, 0.1) is 0 Å². The van der Waals surface area contributed by atoms with Gasteiger partial charge in [0.25, 0.3) is 0 Å². The highest BCUT2D eigenvalue weighted by atomic mass is 16.1. The molecule has 1 rings (SSSR count). The zero-order valence-electron chi connectivity index (χ0n) is 8.02. The molecule has 0 N–H and O–H groups in total. The molecule has 1 nitrogen and oxygen atoms in total. The molecule has 0 aromatic rings. The molecule has 0 radical (unpaired) electrons. The third-order valence-corrected chi connectivity index (χ3v) is 2.07. The quantitative estimate of drug-likeness (QED) is 0.492. The Hall–Kier alpha value is -0.330. The number of hydrogen-bond donors (Lipinski definition) is 0. The standard InChI is InChI=1S/C8H14O.C2H6/c1-7-3-2-4-8(9)6-5-7;1-2/h7H,2-6H2,1H3;1-2H3. The number of carbonyl (C=O) groups excluding carboxylic acids is 1. The number of hydrogen-bond acceptors (Lipinski definition) is 1. The summed E-state index contributed by atoms with van der Waals surface area (Å²) in [5.41, 5.74) is 0. The Balaban J connectivity index is 0.000000461. The maximum atomic E-state index is 10.8. The van der Waals surface area contributed by atoms with Crippen LogP contribution in [0.4, 0.5) is 0 Å². The minimum Gasteiger partial charge on any atom is -0.300 e. The molecule has 1 unspecified atom stereocenters. The molecule has 1 aliphatic carbocycles. The van der Waals surface area contributed by atoms with E-state index in [4.69, 9.17) is 0 Å². The Morgan fingerprint density at radius 2 is 1.82 bits per heavy atom. The van der Waals surface area contributed by atoms with Crippen LogP contribution in [0, 0.1) is 5.92 Å². The summed E-state index contributed by atoms with van der Waals surface area (Å²) in [6.45, 7) is 6.23. The summed E-state index contributed by atoms with van der Waals surface area (Å²) < 4.78 is 0. The molecule has 1 atom stereocenters. The fourth-order valence-electron chi connectivity index (χ4n) is 1.32. The van der Waals surface area contributed by atoms with E-state index in [0.29, 0.717) is 5.78 Å². The van der Waals surface area contributed by atoms with Crippen molar-refractivity contribution in [1.82, 2.24) is 0 Å². The van der Waals surface area contributed by atoms with Crippen molar-refractivity contribution in [3.63, 3.8) is 0 Å². The molecule has 0 amide bonds. The second-order valence-electron chi connectivity index (χ2n) is 3.07. The molecule has 0 aromatic carbocycles. The molecule has 0 heterocycles. The highest BCUT2D eigenvalue weighted by Crippen LogP contribution is 2.19. The first kappa shape index (κ1) is 10.7. The van der Waals surface area contributed by atoms with Crippen LogP contribution in [-0.4, -0.2) is 5.78 Å². The van der Waals surface area contributed by atoms with Gasteiger partial charge in [-0.25, -0.2) is 0 Å². The molecule has 1 heteroatoms. The maximum absolute atomic E-state index is 10.8. The van der Waals surface area contributed by atoms with Crippen LogP contribution in [0.3, 0.4) is 0 Å². The number of carbonyl (C=O) groups is 1. The van der Waals surface area contributed by atoms with Gasteiger partial charge >= 0.3 is 0 Å². The van der Waals surface area contributed by atoms with E-state index in [0.717, 1.165) is 31.6 Å². The van der Waals surface area contributed by atoms with Gasteiger partial charge in [-0.05, 0) is 18.8 Å². The van der Waals surface area contributed by atoms with Gasteiger partial charge in [-0.1, -0.05) is 27.2 Å². The predicted molar refractivity (Wildman–Crippen MR) is 48.6 cm³/mol. The van der Waals surface area contributed by atoms with Gasteiger partial charge in [-0.15, -0.1) is 0 Å². The van der Waals surface area contributed by atoms with E-state index in [1.165, 1.54) is 6.42 Å². The Labute approximate surface area is 70.2 Å². The lowest BCUT2D eigenvalue weighted by atomic mass is 10.0. The first-order valence-electron chi connectivity index (χ1n) is 4.81. The lowest BCUT2D eigenvalue weighted by molar-refractivity contribution is -0.118. The number of Topliss-reactive ketones (excluding diaryl/α,β-unsaturated/α-hetero) is 1. The molecule has 1 aliphatic rings. The molecule has 1 fully saturated rings. The summed E-state index contributed by atoms with van der Waals surface area (Å²) in [7, 11) is 0. The van der Waals surface area contributed by atoms with Gasteiger partial charge < -0.3 is 0 Å². The molecule has 0 saturated heterocycles. The summed E-state index contributed by atoms with van der Waals surface area (Å²) in [6.07, 6.45) is 5.18. The molecule has 11 heavy (non-hydrogen) atoms. The van der Waals surface area contributed by atoms with E-state index in [-0.39, 0.29) is 0 Å². The first-order valence-corrected chi connectivity index (χ1v) is 4.81. The van der Waals surface area contributed by atoms with Crippen molar-refractivity contribution in [2.24, 2.45) is 5.92 Å². The van der Waals surface area contributed by atoms with Crippen LogP contribution in [-0.2, 0) is 4.79 Å². The van der Waals surface area contributed by atoms with E-state index < -0.39 is 0 Å². The van der Waals surface area contributed by atoms with Gasteiger partial charge in [-0.2, -0.15) is 0 Å². The minimum absolute atomic E-state index is 0.472. The maximum Gasteiger partial charge on any atom is 0.132 e. The molecule has 0 aromatic heterocycles. The Morgan fingerprint density at radius 3 is 2.45 bits per heavy atom. The second kappa shape index (κ2) is 6.38. The van der Waals surface area contributed by atoms with E-state index in [9.17, 15) is 4.79 Å². The first-order chi connectivity index (χ1) is 5.29. The number of ketones is 1. The molecule has 0 bridgehead atoms. The van der Waals surface area contributed by atoms with Crippen molar-refractivity contribution < 1.29 is 4.79 Å². The second-order valence-corrected chi connectivity index (χ2v) is 3.07. The monoisotopic (exact) mass is 156 g/mol. The summed E-state index contributed by atoms with van der Waals surface area (Å²) in [5, 5.41) is 0. The van der Waals surface area contributed by atoms with Crippen LogP contribution in [0.5, 0.6) is 0 Å². The minimum atomic E-state index is 0.472. The third-order valence-electron chi connectivity index (χ3n) is 2.07. The van der Waals surface area contributed by atoms with E-state index in [1.807, 2.05) is 13.8 Å². The van der Waals surface area contributed by atoms with Gasteiger partial charge in [0.1, 0.15) is 5.78 Å². The van der Waals surface area contributed by atoms with Gasteiger partial charge in [0, 0.05) is 12.8 Å². The lowest BCUT2D eigenvalue weighted by Crippen LogP contribution is -1.93. The zero-order chi connectivity index (χ0) is 8.69. The molecule has 0 spiro atoms. The molecule has 0 aliphatic heterocycles. The van der Waals surface area contributed by atoms with Crippen LogP contribution in [0.1, 0.15) is 52.9 Å². The van der Waals surface area contributed by atoms with Crippen molar-refractivity contribution in [2.45, 2.75) is 52.9 Å². The summed E-state index contributed by atoms with van der Waals surface area (Å²) in [4.78, 5) is 10.8. The fraction of sp³-hybridized carbons (Fsp3) is 0.900. The average Bonchev–Trinajstić information content (AvgIpc) is 2.20. The highest BCUT2D eigenvalue weighted by Gasteiger charge is 2.11. The largest absolute Gasteiger partial charge is 0.300 e. The van der Waals surface area contributed by atoms with E-state index >= 15 is 0 Å². The Bertz CT molecular complexity index is 107. The van der Waals surface area contributed by atoms with Crippen molar-refractivity contribution in [3.8, 4) is 0 Å². The molecule has 66 valence electrons. The molecule has 1 saturated carbocycles. The topological polar surface area (TPSA) is 17.1 Å². The van der Waals surface area contributed by atoms with Gasteiger partial charge in [-0.3, -0.25) is 4.79 Å². The SMILES string of the molecule is CC.CC1CCCC(=O)CC1. The Morgan fingerprint density at radius 1 is 1.18 bits per heavy atom. The Kier molecular flexibility index (Phi) is 6.19. The van der Waals surface area contributed by atoms with Crippen LogP contribution in [0.15, 0.2) is 0 Å². The fourth-order valence-corrected chi connectivity index (χ4v) is 1.32. The third kappa shape index (κ3) is 5.00. The predicted octanol–water partition coefficient (Wildman–Crippen LogP) is 3.18. The van der Waals surface area contributed by atoms with Crippen LogP contribution < -0.4 is 0 Å². The van der Waals surface area contributed by atoms with Crippen LogP contribution in [0.25, 0.3) is 0 Å². The van der Waals surface area contributed by atoms with Crippen molar-refractivity contribution in [1.29, 1.82) is 0 Å². The normalized spacial score (nSPS) is 25.0. The lowest BCUT2D eigenvalue weighted by Gasteiger charge is -2.02. The van der Waals surface area contributed by atoms with E-state index in [2.05, 4.69) is 6.92 Å². The van der Waals surface area contributed by atoms with Crippen molar-refractivity contribution in [3.05, 3.63) is 0 Å². The summed E-state index contributed by atoms with van der Waals surface area (Å²) in [5.74, 6) is 1.26. The summed E-state index contributed by atoms with van der Waals surface area (Å²) in [6, 6.07) is 0. The average molecular weight is 156 g/mol. The van der Waals surface area contributed by atoms with Gasteiger partial charge in [0.2, 0.25) is 0 Å². The van der Waals surface area contributed by atoms with Crippen LogP contribution >= 0.6 is 0 Å².